The maximum Gasteiger partial charge on any atom is 0.220 e. The number of carbonyl (C=O) groups is 1. The normalized spacial score (nSPS) is 15.4. The van der Waals surface area contributed by atoms with Crippen molar-refractivity contribution in [1.29, 1.82) is 0 Å². The molecule has 1 amide bonds. The molecule has 1 aliphatic rings. The smallest absolute Gasteiger partial charge is 0.220 e. The highest BCUT2D eigenvalue weighted by Gasteiger charge is 2.22. The third-order valence-electron chi connectivity index (χ3n) is 4.03. The molecular formula is C17H35N5O. The monoisotopic (exact) mass is 325 g/mol. The topological polar surface area (TPSA) is 68.8 Å². The number of carbonyl (C=O) groups excluding carboxylic acids is 1. The van der Waals surface area contributed by atoms with E-state index in [4.69, 9.17) is 0 Å². The lowest BCUT2D eigenvalue weighted by Crippen LogP contribution is -2.45. The molecule has 3 N–H and O–H groups in total. The molecule has 23 heavy (non-hydrogen) atoms. The molecule has 0 bridgehead atoms. The number of aliphatic imine (C=N–C) groups is 1. The number of amides is 1. The molecular weight excluding hydrogens is 290 g/mol. The van der Waals surface area contributed by atoms with Crippen LogP contribution in [0.4, 0.5) is 0 Å². The van der Waals surface area contributed by atoms with E-state index in [9.17, 15) is 4.79 Å². The molecule has 1 saturated carbocycles. The molecule has 0 atom stereocenters. The van der Waals surface area contributed by atoms with Gasteiger partial charge in [-0.05, 0) is 47.0 Å². The Hall–Kier alpha value is -1.30. The van der Waals surface area contributed by atoms with Crippen molar-refractivity contribution in [3.63, 3.8) is 0 Å². The van der Waals surface area contributed by atoms with Gasteiger partial charge in [-0.1, -0.05) is 0 Å². The minimum absolute atomic E-state index is 0.168. The molecule has 0 saturated heterocycles. The predicted molar refractivity (Wildman–Crippen MR) is 96.7 cm³/mol. The maximum absolute atomic E-state index is 11.6. The highest BCUT2D eigenvalue weighted by molar-refractivity contribution is 5.80. The van der Waals surface area contributed by atoms with Gasteiger partial charge in [0, 0.05) is 51.2 Å². The summed E-state index contributed by atoms with van der Waals surface area (Å²) in [4.78, 5) is 18.3. The average Bonchev–Trinajstić information content (AvgIpc) is 3.28. The summed E-state index contributed by atoms with van der Waals surface area (Å²) >= 11 is 0. The van der Waals surface area contributed by atoms with Gasteiger partial charge in [0.1, 0.15) is 0 Å². The Morgan fingerprint density at radius 3 is 2.26 bits per heavy atom. The first kappa shape index (κ1) is 19.7. The molecule has 0 aromatic heterocycles. The van der Waals surface area contributed by atoms with Crippen molar-refractivity contribution in [3.05, 3.63) is 0 Å². The van der Waals surface area contributed by atoms with Crippen LogP contribution in [-0.2, 0) is 4.79 Å². The molecule has 0 radical (unpaired) electrons. The number of hydrogen-bond donors (Lipinski definition) is 3. The molecule has 0 spiro atoms. The van der Waals surface area contributed by atoms with Crippen LogP contribution < -0.4 is 16.0 Å². The highest BCUT2D eigenvalue weighted by atomic mass is 16.1. The van der Waals surface area contributed by atoms with Gasteiger partial charge >= 0.3 is 0 Å². The molecule has 6 nitrogen and oxygen atoms in total. The van der Waals surface area contributed by atoms with Crippen LogP contribution in [0.2, 0.25) is 0 Å². The van der Waals surface area contributed by atoms with Gasteiger partial charge in [0.2, 0.25) is 5.91 Å². The number of rotatable bonds is 10. The van der Waals surface area contributed by atoms with Crippen LogP contribution in [0, 0.1) is 0 Å². The number of nitrogens with zero attached hydrogens (tertiary/aromatic N) is 2. The highest BCUT2D eigenvalue weighted by Crippen LogP contribution is 2.18. The molecule has 6 heteroatoms. The van der Waals surface area contributed by atoms with Gasteiger partial charge in [-0.15, -0.1) is 0 Å². The summed E-state index contributed by atoms with van der Waals surface area (Å²) in [5.74, 6) is 0.974. The number of guanidine groups is 1. The van der Waals surface area contributed by atoms with E-state index in [1.807, 2.05) is 0 Å². The fourth-order valence-corrected chi connectivity index (χ4v) is 2.62. The first-order valence-corrected chi connectivity index (χ1v) is 8.93. The molecule has 0 aromatic carbocycles. The van der Waals surface area contributed by atoms with Crippen LogP contribution in [0.3, 0.4) is 0 Å². The fourth-order valence-electron chi connectivity index (χ4n) is 2.62. The van der Waals surface area contributed by atoms with Crippen molar-refractivity contribution in [2.45, 2.75) is 71.5 Å². The molecule has 1 rings (SSSR count). The standard InChI is InChI=1S/C17H35N5O/c1-13(2)22(14(3)4)12-11-20-17(18-5)19-10-6-7-16(23)21-15-8-9-15/h13-15H,6-12H2,1-5H3,(H,21,23)(H2,18,19,20). The van der Waals surface area contributed by atoms with Crippen molar-refractivity contribution < 1.29 is 4.79 Å². The van der Waals surface area contributed by atoms with Crippen LogP contribution in [-0.4, -0.2) is 61.6 Å². The average molecular weight is 326 g/mol. The van der Waals surface area contributed by atoms with Crippen molar-refractivity contribution in [3.8, 4) is 0 Å². The van der Waals surface area contributed by atoms with Crippen LogP contribution in [0.5, 0.6) is 0 Å². The van der Waals surface area contributed by atoms with Crippen LogP contribution in [0.1, 0.15) is 53.4 Å². The van der Waals surface area contributed by atoms with Gasteiger partial charge in [-0.25, -0.2) is 0 Å². The van der Waals surface area contributed by atoms with E-state index in [0.717, 1.165) is 44.9 Å². The van der Waals surface area contributed by atoms with Gasteiger partial charge in [-0.2, -0.15) is 0 Å². The molecule has 0 unspecified atom stereocenters. The van der Waals surface area contributed by atoms with E-state index in [2.05, 4.69) is 53.5 Å². The molecule has 1 aliphatic carbocycles. The van der Waals surface area contributed by atoms with Gasteiger partial charge in [0.25, 0.3) is 0 Å². The number of nitrogens with one attached hydrogen (secondary N) is 3. The first-order valence-electron chi connectivity index (χ1n) is 8.93. The largest absolute Gasteiger partial charge is 0.356 e. The fraction of sp³-hybridized carbons (Fsp3) is 0.882. The molecule has 0 heterocycles. The second-order valence-electron chi connectivity index (χ2n) is 6.80. The van der Waals surface area contributed by atoms with Gasteiger partial charge in [0.15, 0.2) is 5.96 Å². The third-order valence-corrected chi connectivity index (χ3v) is 4.03. The Labute approximate surface area is 141 Å². The summed E-state index contributed by atoms with van der Waals surface area (Å²) in [5.41, 5.74) is 0. The Balaban J connectivity index is 2.12. The second kappa shape index (κ2) is 10.5. The lowest BCUT2D eigenvalue weighted by Gasteiger charge is -2.30. The Morgan fingerprint density at radius 2 is 1.74 bits per heavy atom. The molecule has 134 valence electrons. The lowest BCUT2D eigenvalue weighted by atomic mass is 10.2. The van der Waals surface area contributed by atoms with E-state index in [-0.39, 0.29) is 5.91 Å². The Kier molecular flexibility index (Phi) is 8.99. The summed E-state index contributed by atoms with van der Waals surface area (Å²) in [6.07, 6.45) is 3.69. The van der Waals surface area contributed by atoms with E-state index >= 15 is 0 Å². The second-order valence-corrected chi connectivity index (χ2v) is 6.80. The summed E-state index contributed by atoms with van der Waals surface area (Å²) in [7, 11) is 1.78. The zero-order valence-electron chi connectivity index (χ0n) is 15.5. The quantitative estimate of drug-likeness (QED) is 0.322. The van der Waals surface area contributed by atoms with Crippen molar-refractivity contribution in [1.82, 2.24) is 20.9 Å². The minimum Gasteiger partial charge on any atom is -0.356 e. The Bertz CT molecular complexity index is 369. The lowest BCUT2D eigenvalue weighted by molar-refractivity contribution is -0.121. The van der Waals surface area contributed by atoms with E-state index < -0.39 is 0 Å². The summed E-state index contributed by atoms with van der Waals surface area (Å²) < 4.78 is 0. The van der Waals surface area contributed by atoms with Gasteiger partial charge < -0.3 is 16.0 Å². The maximum atomic E-state index is 11.6. The number of hydrogen-bond acceptors (Lipinski definition) is 3. The van der Waals surface area contributed by atoms with Crippen LogP contribution >= 0.6 is 0 Å². The van der Waals surface area contributed by atoms with E-state index in [1.165, 1.54) is 0 Å². The van der Waals surface area contributed by atoms with E-state index in [1.54, 1.807) is 7.05 Å². The molecule has 1 fully saturated rings. The molecule has 0 aliphatic heterocycles. The summed E-state index contributed by atoms with van der Waals surface area (Å²) in [6.45, 7) is 11.5. The predicted octanol–water partition coefficient (Wildman–Crippen LogP) is 1.33. The van der Waals surface area contributed by atoms with Gasteiger partial charge in [0.05, 0.1) is 0 Å². The Morgan fingerprint density at radius 1 is 1.13 bits per heavy atom. The first-order chi connectivity index (χ1) is 10.9. The minimum atomic E-state index is 0.168. The van der Waals surface area contributed by atoms with Crippen LogP contribution in [0.25, 0.3) is 0 Å². The van der Waals surface area contributed by atoms with Crippen molar-refractivity contribution in [2.75, 3.05) is 26.7 Å². The van der Waals surface area contributed by atoms with E-state index in [0.29, 0.717) is 24.5 Å². The zero-order chi connectivity index (χ0) is 17.2. The van der Waals surface area contributed by atoms with Gasteiger partial charge in [-0.3, -0.25) is 14.7 Å². The zero-order valence-corrected chi connectivity index (χ0v) is 15.5. The summed E-state index contributed by atoms with van der Waals surface area (Å²) in [5, 5.41) is 9.61. The van der Waals surface area contributed by atoms with Crippen molar-refractivity contribution in [2.24, 2.45) is 4.99 Å². The summed E-state index contributed by atoms with van der Waals surface area (Å²) in [6, 6.07) is 1.53. The SMILES string of the molecule is CN=C(NCCCC(=O)NC1CC1)NCCN(C(C)C)C(C)C. The van der Waals surface area contributed by atoms with Crippen molar-refractivity contribution >= 4 is 11.9 Å². The third kappa shape index (κ3) is 8.79. The molecule has 0 aromatic rings. The van der Waals surface area contributed by atoms with Crippen LogP contribution in [0.15, 0.2) is 4.99 Å².